The van der Waals surface area contributed by atoms with Gasteiger partial charge in [-0.25, -0.2) is 14.5 Å². The molecule has 0 amide bonds. The van der Waals surface area contributed by atoms with E-state index in [0.717, 1.165) is 45.9 Å². The molecule has 2 heterocycles. The molecule has 5 aromatic rings. The quantitative estimate of drug-likeness (QED) is 0.297. The van der Waals surface area contributed by atoms with E-state index in [1.807, 2.05) is 41.1 Å². The lowest BCUT2D eigenvalue weighted by atomic mass is 9.98. The van der Waals surface area contributed by atoms with E-state index in [0.29, 0.717) is 18.8 Å². The maximum atomic E-state index is 11.2. The first kappa shape index (κ1) is 24.1. The summed E-state index contributed by atoms with van der Waals surface area (Å²) in [7, 11) is 0. The number of hydrogen-bond acceptors (Lipinski definition) is 6. The van der Waals surface area contributed by atoms with Gasteiger partial charge in [-0.15, -0.1) is 10.2 Å². The normalized spacial score (nSPS) is 11.9. The van der Waals surface area contributed by atoms with E-state index in [-0.39, 0.29) is 11.5 Å². The van der Waals surface area contributed by atoms with Gasteiger partial charge in [-0.05, 0) is 46.0 Å². The third kappa shape index (κ3) is 5.30. The van der Waals surface area contributed by atoms with Crippen molar-refractivity contribution in [2.24, 2.45) is 0 Å². The SMILES string of the molecule is CCC(C)c1nc(Cc2ccc(C(=O)O)cc2)n(Cc2ccc(-c3ccccc3-c3nn[nH]n3)cc2)n1. The second-order valence-corrected chi connectivity index (χ2v) is 9.01. The van der Waals surface area contributed by atoms with Gasteiger partial charge >= 0.3 is 5.97 Å². The highest BCUT2D eigenvalue weighted by Gasteiger charge is 2.16. The Kier molecular flexibility index (Phi) is 6.85. The molecule has 0 aliphatic carbocycles. The fourth-order valence-electron chi connectivity index (χ4n) is 4.16. The number of rotatable bonds is 9. The topological polar surface area (TPSA) is 122 Å². The van der Waals surface area contributed by atoms with Crippen LogP contribution in [0.5, 0.6) is 0 Å². The van der Waals surface area contributed by atoms with Crippen LogP contribution in [0.1, 0.15) is 59.3 Å². The Labute approximate surface area is 214 Å². The summed E-state index contributed by atoms with van der Waals surface area (Å²) in [6, 6.07) is 23.3. The van der Waals surface area contributed by atoms with Gasteiger partial charge in [0, 0.05) is 17.9 Å². The maximum absolute atomic E-state index is 11.2. The Hall–Kier alpha value is -4.66. The van der Waals surface area contributed by atoms with Gasteiger partial charge in [0.15, 0.2) is 5.82 Å². The third-order valence-electron chi connectivity index (χ3n) is 6.49. The van der Waals surface area contributed by atoms with Crippen molar-refractivity contribution in [1.29, 1.82) is 0 Å². The molecular weight excluding hydrogens is 466 g/mol. The number of nitrogens with one attached hydrogen (secondary N) is 1. The van der Waals surface area contributed by atoms with Crippen LogP contribution in [-0.4, -0.2) is 46.5 Å². The molecule has 0 spiro atoms. The lowest BCUT2D eigenvalue weighted by Crippen LogP contribution is -2.08. The highest BCUT2D eigenvalue weighted by atomic mass is 16.4. The first-order chi connectivity index (χ1) is 18.0. The first-order valence-corrected chi connectivity index (χ1v) is 12.2. The lowest BCUT2D eigenvalue weighted by Gasteiger charge is -2.10. The van der Waals surface area contributed by atoms with Gasteiger partial charge in [0.1, 0.15) is 5.82 Å². The Morgan fingerprint density at radius 2 is 1.68 bits per heavy atom. The maximum Gasteiger partial charge on any atom is 0.335 e. The monoisotopic (exact) mass is 493 g/mol. The Bertz CT molecular complexity index is 1490. The lowest BCUT2D eigenvalue weighted by molar-refractivity contribution is 0.0697. The molecule has 0 aliphatic rings. The van der Waals surface area contributed by atoms with Crippen molar-refractivity contribution in [3.05, 3.63) is 101 Å². The Balaban J connectivity index is 1.40. The smallest absolute Gasteiger partial charge is 0.335 e. The summed E-state index contributed by atoms with van der Waals surface area (Å²) in [6.07, 6.45) is 1.52. The predicted octanol–water partition coefficient (Wildman–Crippen LogP) is 4.98. The van der Waals surface area contributed by atoms with Crippen molar-refractivity contribution in [2.75, 3.05) is 0 Å². The van der Waals surface area contributed by atoms with E-state index < -0.39 is 5.97 Å². The van der Waals surface area contributed by atoms with Gasteiger partial charge in [0.2, 0.25) is 5.82 Å². The van der Waals surface area contributed by atoms with E-state index in [1.54, 1.807) is 12.1 Å². The van der Waals surface area contributed by atoms with Gasteiger partial charge < -0.3 is 5.11 Å². The average molecular weight is 494 g/mol. The number of nitrogens with zero attached hydrogens (tertiary/aromatic N) is 6. The summed E-state index contributed by atoms with van der Waals surface area (Å²) >= 11 is 0. The highest BCUT2D eigenvalue weighted by Crippen LogP contribution is 2.30. The Morgan fingerprint density at radius 3 is 2.32 bits per heavy atom. The van der Waals surface area contributed by atoms with Crippen LogP contribution in [0.4, 0.5) is 0 Å². The van der Waals surface area contributed by atoms with Crippen molar-refractivity contribution in [1.82, 2.24) is 35.4 Å². The summed E-state index contributed by atoms with van der Waals surface area (Å²) in [4.78, 5) is 16.0. The van der Waals surface area contributed by atoms with Gasteiger partial charge in [-0.2, -0.15) is 10.3 Å². The van der Waals surface area contributed by atoms with Crippen LogP contribution >= 0.6 is 0 Å². The molecule has 2 N–H and O–H groups in total. The van der Waals surface area contributed by atoms with Crippen molar-refractivity contribution in [2.45, 2.75) is 39.2 Å². The zero-order valence-corrected chi connectivity index (χ0v) is 20.7. The van der Waals surface area contributed by atoms with Gasteiger partial charge in [0.25, 0.3) is 0 Å². The highest BCUT2D eigenvalue weighted by molar-refractivity contribution is 5.87. The zero-order valence-electron chi connectivity index (χ0n) is 20.7. The van der Waals surface area contributed by atoms with E-state index in [1.165, 1.54) is 0 Å². The number of carboxylic acid groups (broad SMARTS) is 1. The number of aromatic amines is 1. The van der Waals surface area contributed by atoms with E-state index in [2.05, 4.69) is 58.7 Å². The fourth-order valence-corrected chi connectivity index (χ4v) is 4.16. The van der Waals surface area contributed by atoms with Crippen molar-refractivity contribution in [3.8, 4) is 22.5 Å². The third-order valence-corrected chi connectivity index (χ3v) is 6.49. The van der Waals surface area contributed by atoms with E-state index in [9.17, 15) is 9.90 Å². The number of carbonyl (C=O) groups is 1. The predicted molar refractivity (Wildman–Crippen MR) is 139 cm³/mol. The molecule has 5 rings (SSSR count). The molecule has 0 aliphatic heterocycles. The van der Waals surface area contributed by atoms with Crippen LogP contribution in [0.2, 0.25) is 0 Å². The molecule has 9 heteroatoms. The van der Waals surface area contributed by atoms with Crippen LogP contribution in [0.15, 0.2) is 72.8 Å². The second-order valence-electron chi connectivity index (χ2n) is 9.01. The van der Waals surface area contributed by atoms with E-state index >= 15 is 0 Å². The molecule has 0 bridgehead atoms. The zero-order chi connectivity index (χ0) is 25.8. The number of aromatic carboxylic acids is 1. The molecule has 186 valence electrons. The molecule has 37 heavy (non-hydrogen) atoms. The van der Waals surface area contributed by atoms with Crippen molar-refractivity contribution < 1.29 is 9.90 Å². The number of hydrogen-bond donors (Lipinski definition) is 2. The van der Waals surface area contributed by atoms with Crippen molar-refractivity contribution in [3.63, 3.8) is 0 Å². The summed E-state index contributed by atoms with van der Waals surface area (Å²) in [5.41, 5.74) is 5.36. The molecule has 0 saturated heterocycles. The molecule has 0 fully saturated rings. The molecule has 1 unspecified atom stereocenters. The van der Waals surface area contributed by atoms with Crippen LogP contribution in [0.3, 0.4) is 0 Å². The van der Waals surface area contributed by atoms with Gasteiger partial charge in [-0.3, -0.25) is 0 Å². The molecule has 0 radical (unpaired) electrons. The molecule has 2 aromatic heterocycles. The first-order valence-electron chi connectivity index (χ1n) is 12.2. The van der Waals surface area contributed by atoms with Crippen LogP contribution in [0, 0.1) is 0 Å². The van der Waals surface area contributed by atoms with Crippen LogP contribution in [0.25, 0.3) is 22.5 Å². The minimum atomic E-state index is -0.933. The molecule has 3 aromatic carbocycles. The summed E-state index contributed by atoms with van der Waals surface area (Å²) in [5.74, 6) is 1.55. The fraction of sp³-hybridized carbons (Fsp3) is 0.214. The summed E-state index contributed by atoms with van der Waals surface area (Å²) in [6.45, 7) is 4.83. The van der Waals surface area contributed by atoms with Crippen molar-refractivity contribution >= 4 is 5.97 Å². The summed E-state index contributed by atoms with van der Waals surface area (Å²) < 4.78 is 1.95. The number of carboxylic acids is 1. The number of benzene rings is 3. The largest absolute Gasteiger partial charge is 0.478 e. The standard InChI is InChI=1S/C28H27N7O2/c1-3-18(2)26-29-25(16-19-8-14-22(15-9-19)28(36)37)35(32-26)17-20-10-12-21(13-11-20)23-6-4-5-7-24(23)27-30-33-34-31-27/h4-15,18H,3,16-17H2,1-2H3,(H,36,37)(H,30,31,33,34). The number of tetrazole rings is 1. The van der Waals surface area contributed by atoms with E-state index in [4.69, 9.17) is 10.1 Å². The molecular formula is C28H27N7O2. The second kappa shape index (κ2) is 10.5. The molecule has 1 atom stereocenters. The molecule has 9 nitrogen and oxygen atoms in total. The van der Waals surface area contributed by atoms with Gasteiger partial charge in [0.05, 0.1) is 12.1 Å². The van der Waals surface area contributed by atoms with Gasteiger partial charge in [-0.1, -0.05) is 74.5 Å². The van der Waals surface area contributed by atoms with Crippen LogP contribution in [-0.2, 0) is 13.0 Å². The molecule has 0 saturated carbocycles. The Morgan fingerprint density at radius 1 is 0.973 bits per heavy atom. The minimum absolute atomic E-state index is 0.249. The van der Waals surface area contributed by atoms with Crippen LogP contribution < -0.4 is 0 Å². The average Bonchev–Trinajstić information content (AvgIpc) is 3.60. The number of aromatic nitrogens is 7. The minimum Gasteiger partial charge on any atom is -0.478 e. The summed E-state index contributed by atoms with van der Waals surface area (Å²) in [5, 5.41) is 28.5. The number of H-pyrrole nitrogens is 1.